The van der Waals surface area contributed by atoms with Crippen molar-refractivity contribution in [2.45, 2.75) is 19.0 Å². The van der Waals surface area contributed by atoms with Gasteiger partial charge in [-0.3, -0.25) is 0 Å². The van der Waals surface area contributed by atoms with Gasteiger partial charge in [0.2, 0.25) is 0 Å². The van der Waals surface area contributed by atoms with Gasteiger partial charge in [-0.05, 0) is 23.4 Å². The molecule has 0 atom stereocenters. The monoisotopic (exact) mass is 226 g/mol. The standard InChI is InChI=1S/C7H6BrF3/c8-6-3-1-2-5(4-6)7(9,10)11/h2,4H,1,3H2. The average Bonchev–Trinajstić information content (AvgIpc) is 1.86. The molecule has 0 aromatic heterocycles. The van der Waals surface area contributed by atoms with Crippen molar-refractivity contribution in [1.82, 2.24) is 0 Å². The molecule has 0 heterocycles. The van der Waals surface area contributed by atoms with Crippen LogP contribution in [-0.2, 0) is 0 Å². The van der Waals surface area contributed by atoms with E-state index in [1.165, 1.54) is 6.08 Å². The van der Waals surface area contributed by atoms with Crippen LogP contribution in [0.5, 0.6) is 0 Å². The Morgan fingerprint density at radius 3 is 2.36 bits per heavy atom. The topological polar surface area (TPSA) is 0 Å². The summed E-state index contributed by atoms with van der Waals surface area (Å²) in [4.78, 5) is 0. The van der Waals surface area contributed by atoms with Crippen molar-refractivity contribution in [3.05, 3.63) is 22.2 Å². The molecular weight excluding hydrogens is 221 g/mol. The molecule has 1 rings (SSSR count). The first kappa shape index (κ1) is 8.84. The summed E-state index contributed by atoms with van der Waals surface area (Å²) in [6, 6.07) is 0. The molecule has 0 aliphatic heterocycles. The maximum atomic E-state index is 12.0. The maximum absolute atomic E-state index is 12.0. The Morgan fingerprint density at radius 2 is 2.00 bits per heavy atom. The van der Waals surface area contributed by atoms with E-state index in [1.54, 1.807) is 0 Å². The number of allylic oxidation sites excluding steroid dienone is 4. The summed E-state index contributed by atoms with van der Waals surface area (Å²) < 4.78 is 36.6. The maximum Gasteiger partial charge on any atom is 0.416 e. The van der Waals surface area contributed by atoms with Gasteiger partial charge < -0.3 is 0 Å². The minimum Gasteiger partial charge on any atom is -0.166 e. The third-order valence-electron chi connectivity index (χ3n) is 1.39. The van der Waals surface area contributed by atoms with Crippen molar-refractivity contribution in [2.75, 3.05) is 0 Å². The van der Waals surface area contributed by atoms with Crippen molar-refractivity contribution >= 4 is 15.9 Å². The van der Waals surface area contributed by atoms with Crippen molar-refractivity contribution < 1.29 is 13.2 Å². The molecular formula is C7H6BrF3. The van der Waals surface area contributed by atoms with Gasteiger partial charge in [-0.2, -0.15) is 13.2 Å². The second-order valence-corrected chi connectivity index (χ2v) is 3.31. The van der Waals surface area contributed by atoms with Gasteiger partial charge in [0, 0.05) is 0 Å². The lowest BCUT2D eigenvalue weighted by molar-refractivity contribution is -0.0886. The quantitative estimate of drug-likeness (QED) is 0.593. The van der Waals surface area contributed by atoms with Crippen LogP contribution in [0.15, 0.2) is 22.2 Å². The van der Waals surface area contributed by atoms with E-state index in [0.717, 1.165) is 6.08 Å². The van der Waals surface area contributed by atoms with Crippen LogP contribution in [0.25, 0.3) is 0 Å². The van der Waals surface area contributed by atoms with E-state index < -0.39 is 11.7 Å². The fourth-order valence-corrected chi connectivity index (χ4v) is 1.34. The van der Waals surface area contributed by atoms with Crippen LogP contribution in [0.4, 0.5) is 13.2 Å². The second kappa shape index (κ2) is 3.01. The molecule has 0 amide bonds. The zero-order valence-corrected chi connectivity index (χ0v) is 7.17. The van der Waals surface area contributed by atoms with Crippen molar-refractivity contribution in [3.8, 4) is 0 Å². The second-order valence-electron chi connectivity index (χ2n) is 2.29. The molecule has 1 aliphatic rings. The van der Waals surface area contributed by atoms with Gasteiger partial charge in [0.15, 0.2) is 0 Å². The number of halogens is 4. The van der Waals surface area contributed by atoms with Gasteiger partial charge in [-0.25, -0.2) is 0 Å². The SMILES string of the molecule is FC(F)(F)C1=CCCC(Br)=C1. The van der Waals surface area contributed by atoms with Gasteiger partial charge in [0.25, 0.3) is 0 Å². The number of alkyl halides is 3. The van der Waals surface area contributed by atoms with Crippen LogP contribution < -0.4 is 0 Å². The van der Waals surface area contributed by atoms with E-state index in [2.05, 4.69) is 15.9 Å². The molecule has 0 spiro atoms. The third-order valence-corrected chi connectivity index (χ3v) is 2.01. The Hall–Kier alpha value is -0.250. The Balaban J connectivity index is 2.82. The van der Waals surface area contributed by atoms with E-state index in [9.17, 15) is 13.2 Å². The fraction of sp³-hybridized carbons (Fsp3) is 0.429. The summed E-state index contributed by atoms with van der Waals surface area (Å²) in [7, 11) is 0. The van der Waals surface area contributed by atoms with Crippen molar-refractivity contribution in [3.63, 3.8) is 0 Å². The molecule has 0 fully saturated rings. The van der Waals surface area contributed by atoms with Crippen molar-refractivity contribution in [2.24, 2.45) is 0 Å². The van der Waals surface area contributed by atoms with E-state index in [0.29, 0.717) is 17.3 Å². The Kier molecular flexibility index (Phi) is 2.42. The molecule has 0 N–H and O–H groups in total. The molecule has 0 saturated heterocycles. The van der Waals surface area contributed by atoms with Crippen LogP contribution in [0.2, 0.25) is 0 Å². The predicted molar refractivity (Wildman–Crippen MR) is 40.4 cm³/mol. The highest BCUT2D eigenvalue weighted by Crippen LogP contribution is 2.32. The minimum atomic E-state index is -4.19. The van der Waals surface area contributed by atoms with Gasteiger partial charge in [0.1, 0.15) is 0 Å². The summed E-state index contributed by atoms with van der Waals surface area (Å²) in [5.74, 6) is 0. The summed E-state index contributed by atoms with van der Waals surface area (Å²) in [5.41, 5.74) is -0.546. The van der Waals surface area contributed by atoms with E-state index >= 15 is 0 Å². The van der Waals surface area contributed by atoms with Gasteiger partial charge in [-0.1, -0.05) is 22.0 Å². The highest BCUT2D eigenvalue weighted by atomic mass is 79.9. The van der Waals surface area contributed by atoms with Crippen molar-refractivity contribution in [1.29, 1.82) is 0 Å². The van der Waals surface area contributed by atoms with Crippen LogP contribution in [0.1, 0.15) is 12.8 Å². The van der Waals surface area contributed by atoms with Crippen LogP contribution in [-0.4, -0.2) is 6.18 Å². The highest BCUT2D eigenvalue weighted by molar-refractivity contribution is 9.11. The van der Waals surface area contributed by atoms with E-state index in [4.69, 9.17) is 0 Å². The van der Waals surface area contributed by atoms with Gasteiger partial charge >= 0.3 is 6.18 Å². The molecule has 4 heteroatoms. The third kappa shape index (κ3) is 2.36. The molecule has 0 saturated carbocycles. The minimum absolute atomic E-state index is 0.464. The van der Waals surface area contributed by atoms with E-state index in [-0.39, 0.29) is 0 Å². The van der Waals surface area contributed by atoms with Gasteiger partial charge in [0.05, 0.1) is 5.57 Å². The number of rotatable bonds is 0. The molecule has 0 aromatic rings. The van der Waals surface area contributed by atoms with Crippen LogP contribution in [0, 0.1) is 0 Å². The first-order chi connectivity index (χ1) is 5.00. The first-order valence-corrected chi connectivity index (χ1v) is 3.93. The lowest BCUT2D eigenvalue weighted by Crippen LogP contribution is -2.11. The first-order valence-electron chi connectivity index (χ1n) is 3.13. The molecule has 0 bridgehead atoms. The predicted octanol–water partition coefficient (Wildman–Crippen LogP) is 3.55. The summed E-state index contributed by atoms with van der Waals surface area (Å²) in [5, 5.41) is 0. The zero-order chi connectivity index (χ0) is 8.48. The average molecular weight is 227 g/mol. The molecule has 1 aliphatic carbocycles. The molecule has 0 radical (unpaired) electrons. The molecule has 0 nitrogen and oxygen atoms in total. The summed E-state index contributed by atoms with van der Waals surface area (Å²) in [6.45, 7) is 0. The Labute approximate surface area is 70.9 Å². The van der Waals surface area contributed by atoms with E-state index in [1.807, 2.05) is 0 Å². The molecule has 62 valence electrons. The summed E-state index contributed by atoms with van der Waals surface area (Å²) >= 11 is 3.04. The Morgan fingerprint density at radius 1 is 1.36 bits per heavy atom. The number of hydrogen-bond acceptors (Lipinski definition) is 0. The molecule has 0 aromatic carbocycles. The lowest BCUT2D eigenvalue weighted by atomic mass is 10.1. The normalized spacial score (nSPS) is 19.3. The molecule has 11 heavy (non-hydrogen) atoms. The fourth-order valence-electron chi connectivity index (χ4n) is 0.863. The highest BCUT2D eigenvalue weighted by Gasteiger charge is 2.32. The Bertz CT molecular complexity index is 212. The lowest BCUT2D eigenvalue weighted by Gasteiger charge is -2.12. The van der Waals surface area contributed by atoms with Crippen LogP contribution in [0.3, 0.4) is 0 Å². The number of hydrogen-bond donors (Lipinski definition) is 0. The van der Waals surface area contributed by atoms with Gasteiger partial charge in [-0.15, -0.1) is 0 Å². The largest absolute Gasteiger partial charge is 0.416 e. The smallest absolute Gasteiger partial charge is 0.166 e. The summed E-state index contributed by atoms with van der Waals surface area (Å²) in [6.07, 6.45) is -0.723. The molecule has 0 unspecified atom stereocenters. The van der Waals surface area contributed by atoms with Crippen LogP contribution >= 0.6 is 15.9 Å². The zero-order valence-electron chi connectivity index (χ0n) is 5.58.